The van der Waals surface area contributed by atoms with E-state index in [1.807, 2.05) is 56.9 Å². The molecule has 6 heteroatoms. The van der Waals surface area contributed by atoms with Crippen molar-refractivity contribution in [1.82, 2.24) is 4.98 Å². The molecule has 0 fully saturated rings. The van der Waals surface area contributed by atoms with Crippen LogP contribution in [0.1, 0.15) is 99.1 Å². The van der Waals surface area contributed by atoms with Crippen LogP contribution >= 0.6 is 0 Å². The van der Waals surface area contributed by atoms with Gasteiger partial charge in [0, 0.05) is 50.6 Å². The van der Waals surface area contributed by atoms with Crippen LogP contribution in [0.5, 0.6) is 0 Å². The summed E-state index contributed by atoms with van der Waals surface area (Å²) >= 11 is 0. The monoisotopic (exact) mass is 852 g/mol. The van der Waals surface area contributed by atoms with Gasteiger partial charge in [0.1, 0.15) is 11.2 Å². The second kappa shape index (κ2) is 18.0. The summed E-state index contributed by atoms with van der Waals surface area (Å²) in [7, 11) is 4.25. The molecular weight excluding hydrogens is 797 g/mol. The molecule has 0 saturated carbocycles. The third-order valence-corrected chi connectivity index (χ3v) is 9.39. The van der Waals surface area contributed by atoms with E-state index >= 15 is 0 Å². The van der Waals surface area contributed by atoms with Gasteiger partial charge in [-0.15, -0.1) is 29.1 Å². The van der Waals surface area contributed by atoms with Gasteiger partial charge in [-0.1, -0.05) is 91.5 Å². The Morgan fingerprint density at radius 2 is 1.64 bits per heavy atom. The number of rotatable bonds is 11. The van der Waals surface area contributed by atoms with Crippen molar-refractivity contribution in [3.63, 3.8) is 0 Å². The Bertz CT molecular complexity index is 1910. The molecule has 5 rings (SSSR count). The quantitative estimate of drug-likeness (QED) is 0.0622. The van der Waals surface area contributed by atoms with Gasteiger partial charge in [0.05, 0.1) is 23.9 Å². The molecule has 0 saturated heterocycles. The first-order valence-corrected chi connectivity index (χ1v) is 17.9. The van der Waals surface area contributed by atoms with Crippen molar-refractivity contribution in [3.05, 3.63) is 103 Å². The Morgan fingerprint density at radius 3 is 2.26 bits per heavy atom. The minimum Gasteiger partial charge on any atom is -0.512 e. The number of benzene rings is 2. The largest absolute Gasteiger partial charge is 0.512 e. The number of aromatic nitrogens is 2. The van der Waals surface area contributed by atoms with Crippen molar-refractivity contribution in [2.45, 2.75) is 99.8 Å². The van der Waals surface area contributed by atoms with Gasteiger partial charge in [-0.25, -0.2) is 4.98 Å². The summed E-state index contributed by atoms with van der Waals surface area (Å²) in [6.45, 7) is 19.3. The van der Waals surface area contributed by atoms with Crippen LogP contribution in [0, 0.1) is 30.9 Å². The molecule has 0 bridgehead atoms. The van der Waals surface area contributed by atoms with E-state index < -0.39 is 0 Å². The summed E-state index contributed by atoms with van der Waals surface area (Å²) in [5, 5.41) is 12.1. The molecule has 1 N–H and O–H groups in total. The number of carbonyl (C=O) groups is 1. The molecule has 0 spiro atoms. The zero-order valence-electron chi connectivity index (χ0n) is 31.4. The number of aliphatic hydroxyl groups excluding tert-OH is 1. The van der Waals surface area contributed by atoms with E-state index in [1.54, 1.807) is 0 Å². The topological polar surface area (TPSA) is 67.2 Å². The molecule has 0 aliphatic rings. The van der Waals surface area contributed by atoms with Crippen LogP contribution in [-0.2, 0) is 36.7 Å². The van der Waals surface area contributed by atoms with Crippen LogP contribution < -0.4 is 4.57 Å². The summed E-state index contributed by atoms with van der Waals surface area (Å²) in [5.74, 6) is 1.09. The summed E-state index contributed by atoms with van der Waals surface area (Å²) < 4.78 is 7.67. The Morgan fingerprint density at radius 1 is 0.980 bits per heavy atom. The zero-order chi connectivity index (χ0) is 35.9. The molecule has 0 amide bonds. The predicted molar refractivity (Wildman–Crippen MR) is 203 cm³/mol. The van der Waals surface area contributed by atoms with Crippen LogP contribution in [0.4, 0.5) is 0 Å². The summed E-state index contributed by atoms with van der Waals surface area (Å²) in [6.07, 6.45) is 9.70. The molecule has 0 aliphatic heterocycles. The second-order valence-electron chi connectivity index (χ2n) is 14.6. The molecule has 0 aliphatic carbocycles. The van der Waals surface area contributed by atoms with Crippen LogP contribution in [-0.4, -0.2) is 15.9 Å². The Labute approximate surface area is 313 Å². The molecule has 2 aromatic carbocycles. The van der Waals surface area contributed by atoms with Crippen LogP contribution in [0.15, 0.2) is 83.3 Å². The maximum atomic E-state index is 11.7. The number of furan rings is 1. The number of ketones is 1. The molecule has 0 unspecified atom stereocenters. The molecule has 3 heterocycles. The average molecular weight is 852 g/mol. The van der Waals surface area contributed by atoms with Crippen molar-refractivity contribution >= 4 is 27.7 Å². The minimum absolute atomic E-state index is 0. The Hall–Kier alpha value is -3.73. The Balaban J connectivity index is 0.000000361. The fourth-order valence-corrected chi connectivity index (χ4v) is 6.40. The number of hydrogen-bond donors (Lipinski definition) is 1. The number of aliphatic hydroxyl groups is 1. The van der Waals surface area contributed by atoms with Crippen molar-refractivity contribution in [3.8, 4) is 22.5 Å². The maximum Gasteiger partial charge on any atom is 0.162 e. The van der Waals surface area contributed by atoms with Crippen molar-refractivity contribution in [1.29, 1.82) is 0 Å². The van der Waals surface area contributed by atoms with Gasteiger partial charge in [-0.2, -0.15) is 0 Å². The number of allylic oxidation sites excluding steroid dienone is 2. The standard InChI is InChI=1S/C31H31N2O.C13H24O2.Ir/c1-20(2)15-24-19-34-29-12-11-27(32-30(24)29)22-13-14-33(6)28(18-22)23-16-21-9-7-8-10-25(21)26(17-23)31(3,4)5;1-5-10(6-2)12(14)9-13(15)11(7-3)8-4;/h7-14,17-20H,6,15H2,1-5H3;9-11,14H,5-8H2,1-4H3;/q-1;;/b;12-9-;. The number of pyridine rings is 2. The fraction of sp³-hybridized carbons (Fsp3) is 0.409. The van der Waals surface area contributed by atoms with Gasteiger partial charge < -0.3 is 14.1 Å². The van der Waals surface area contributed by atoms with Gasteiger partial charge >= 0.3 is 0 Å². The normalized spacial score (nSPS) is 12.0. The first kappa shape index (κ1) is 40.7. The number of nitrogens with zero attached hydrogens (tertiary/aromatic N) is 2. The summed E-state index contributed by atoms with van der Waals surface area (Å²) in [6, 6.07) is 22.7. The Kier molecular flexibility index (Phi) is 14.6. The molecular formula is C44H55IrN2O3-. The van der Waals surface area contributed by atoms with Crippen LogP contribution in [0.2, 0.25) is 0 Å². The van der Waals surface area contributed by atoms with Crippen molar-refractivity contribution in [2.24, 2.45) is 17.8 Å². The van der Waals surface area contributed by atoms with Crippen molar-refractivity contribution < 1.29 is 39.0 Å². The van der Waals surface area contributed by atoms with E-state index in [4.69, 9.17) is 9.40 Å². The zero-order valence-corrected chi connectivity index (χ0v) is 33.8. The minimum atomic E-state index is 0. The summed E-state index contributed by atoms with van der Waals surface area (Å²) in [4.78, 5) is 16.7. The smallest absolute Gasteiger partial charge is 0.162 e. The molecule has 1 radical (unpaired) electrons. The molecule has 0 atom stereocenters. The molecule has 5 aromatic rings. The van der Waals surface area contributed by atoms with E-state index in [0.717, 1.165) is 76.7 Å². The second-order valence-corrected chi connectivity index (χ2v) is 14.6. The first-order chi connectivity index (χ1) is 23.3. The van der Waals surface area contributed by atoms with E-state index in [0.29, 0.717) is 5.92 Å². The summed E-state index contributed by atoms with van der Waals surface area (Å²) in [5.41, 5.74) is 8.27. The third-order valence-electron chi connectivity index (χ3n) is 9.39. The fourth-order valence-electron chi connectivity index (χ4n) is 6.40. The van der Waals surface area contributed by atoms with E-state index in [1.165, 1.54) is 17.0 Å². The van der Waals surface area contributed by atoms with Gasteiger partial charge in [0.2, 0.25) is 0 Å². The van der Waals surface area contributed by atoms with Gasteiger partial charge in [0.15, 0.2) is 11.4 Å². The maximum absolute atomic E-state index is 11.7. The van der Waals surface area contributed by atoms with Crippen molar-refractivity contribution in [2.75, 3.05) is 0 Å². The predicted octanol–water partition coefficient (Wildman–Crippen LogP) is 11.4. The van der Waals surface area contributed by atoms with E-state index in [-0.39, 0.29) is 48.9 Å². The number of fused-ring (bicyclic) bond motifs is 2. The van der Waals surface area contributed by atoms with E-state index in [2.05, 4.69) is 90.2 Å². The molecule has 3 aromatic heterocycles. The number of hydrogen-bond acceptors (Lipinski definition) is 4. The van der Waals surface area contributed by atoms with Crippen LogP contribution in [0.25, 0.3) is 44.4 Å². The SMILES string of the molecule is CCC(CC)C(=O)/C=C(\O)C(CC)CC.[CH2-][n+]1ccc(-c2ccc3occ(CC(C)C)c3n2)cc1-c1[c-]c2ccccc2c(C(C)(C)C)c1.[Ir]. The first-order valence-electron chi connectivity index (χ1n) is 17.9. The van der Waals surface area contributed by atoms with Gasteiger partial charge in [-0.3, -0.25) is 4.79 Å². The molecule has 5 nitrogen and oxygen atoms in total. The van der Waals surface area contributed by atoms with E-state index in [9.17, 15) is 9.90 Å². The average Bonchev–Trinajstić information content (AvgIpc) is 3.46. The van der Waals surface area contributed by atoms with Gasteiger partial charge in [0.25, 0.3) is 0 Å². The molecule has 50 heavy (non-hydrogen) atoms. The third kappa shape index (κ3) is 9.74. The van der Waals surface area contributed by atoms with Crippen LogP contribution in [0.3, 0.4) is 0 Å². The molecule has 269 valence electrons. The number of carbonyl (C=O) groups excluding carboxylic acids is 1. The van der Waals surface area contributed by atoms with Gasteiger partial charge in [-0.05, 0) is 73.3 Å².